The second-order valence-electron chi connectivity index (χ2n) is 4.58. The molecule has 0 saturated carbocycles. The monoisotopic (exact) mass is 366 g/mol. The van der Waals surface area contributed by atoms with Crippen molar-refractivity contribution in [3.63, 3.8) is 0 Å². The quantitative estimate of drug-likeness (QED) is 0.579. The number of thioether (sulfide) groups is 1. The highest BCUT2D eigenvalue weighted by molar-refractivity contribution is 9.10. The van der Waals surface area contributed by atoms with Gasteiger partial charge >= 0.3 is 0 Å². The smallest absolute Gasteiger partial charge is 0.191 e. The van der Waals surface area contributed by atoms with Gasteiger partial charge in [-0.25, -0.2) is 9.97 Å². The zero-order valence-electron chi connectivity index (χ0n) is 12.4. The van der Waals surface area contributed by atoms with Crippen LogP contribution in [0.5, 0.6) is 0 Å². The summed E-state index contributed by atoms with van der Waals surface area (Å²) in [6.07, 6.45) is 1.98. The molecule has 21 heavy (non-hydrogen) atoms. The van der Waals surface area contributed by atoms with Crippen LogP contribution in [-0.2, 0) is 0 Å². The number of nitrogens with zero attached hydrogens (tertiary/aromatic N) is 2. The molecule has 0 radical (unpaired) electrons. The molecule has 1 heterocycles. The Morgan fingerprint density at radius 2 is 2.00 bits per heavy atom. The minimum atomic E-state index is 0.168. The highest BCUT2D eigenvalue weighted by Gasteiger charge is 2.09. The van der Waals surface area contributed by atoms with Crippen LogP contribution in [0.1, 0.15) is 25.5 Å². The normalized spacial score (nSPS) is 12.0. The van der Waals surface area contributed by atoms with Crippen LogP contribution in [0.2, 0.25) is 0 Å². The van der Waals surface area contributed by atoms with E-state index < -0.39 is 0 Å². The van der Waals surface area contributed by atoms with Gasteiger partial charge in [-0.15, -0.1) is 0 Å². The van der Waals surface area contributed by atoms with E-state index in [9.17, 15) is 0 Å². The Bertz CT molecular complexity index is 606. The van der Waals surface area contributed by atoms with Crippen LogP contribution >= 0.6 is 27.7 Å². The first kappa shape index (κ1) is 16.1. The molecule has 0 fully saturated rings. The SMILES string of the molecule is CCNc1cc(NC(C)c2cccc(Br)c2)nc(SC)n1. The number of rotatable bonds is 6. The molecule has 2 N–H and O–H groups in total. The number of benzene rings is 1. The summed E-state index contributed by atoms with van der Waals surface area (Å²) in [4.78, 5) is 8.94. The second kappa shape index (κ2) is 7.66. The van der Waals surface area contributed by atoms with E-state index in [0.29, 0.717) is 0 Å². The van der Waals surface area contributed by atoms with Gasteiger partial charge in [-0.3, -0.25) is 0 Å². The van der Waals surface area contributed by atoms with Crippen LogP contribution in [0, 0.1) is 0 Å². The fraction of sp³-hybridized carbons (Fsp3) is 0.333. The molecule has 0 saturated heterocycles. The van der Waals surface area contributed by atoms with Crippen molar-refractivity contribution in [2.45, 2.75) is 25.0 Å². The Morgan fingerprint density at radius 3 is 2.67 bits per heavy atom. The number of hydrogen-bond acceptors (Lipinski definition) is 5. The lowest BCUT2D eigenvalue weighted by molar-refractivity contribution is 0.855. The number of halogens is 1. The van der Waals surface area contributed by atoms with E-state index in [0.717, 1.165) is 27.8 Å². The standard InChI is InChI=1S/C15H19BrN4S/c1-4-17-13-9-14(20-15(19-13)21-3)18-10(2)11-6-5-7-12(16)8-11/h5-10H,4H2,1-3H3,(H2,17,18,19,20). The Labute approximate surface area is 138 Å². The molecular weight excluding hydrogens is 348 g/mol. The fourth-order valence-electron chi connectivity index (χ4n) is 1.94. The van der Waals surface area contributed by atoms with E-state index in [-0.39, 0.29) is 6.04 Å². The van der Waals surface area contributed by atoms with Gasteiger partial charge in [-0.2, -0.15) is 0 Å². The molecular formula is C15H19BrN4S. The van der Waals surface area contributed by atoms with Gasteiger partial charge in [-0.1, -0.05) is 39.8 Å². The van der Waals surface area contributed by atoms with Gasteiger partial charge in [0.2, 0.25) is 0 Å². The van der Waals surface area contributed by atoms with Gasteiger partial charge in [0.05, 0.1) is 0 Å². The summed E-state index contributed by atoms with van der Waals surface area (Å²) in [5, 5.41) is 7.43. The fourth-order valence-corrected chi connectivity index (χ4v) is 2.74. The van der Waals surface area contributed by atoms with E-state index in [1.807, 2.05) is 24.5 Å². The molecule has 0 aliphatic heterocycles. The van der Waals surface area contributed by atoms with Crippen molar-refractivity contribution in [3.05, 3.63) is 40.4 Å². The van der Waals surface area contributed by atoms with Crippen LogP contribution < -0.4 is 10.6 Å². The molecule has 1 unspecified atom stereocenters. The van der Waals surface area contributed by atoms with Crippen LogP contribution in [0.15, 0.2) is 40.0 Å². The third kappa shape index (κ3) is 4.61. The lowest BCUT2D eigenvalue weighted by Crippen LogP contribution is -2.10. The highest BCUT2D eigenvalue weighted by atomic mass is 79.9. The minimum absolute atomic E-state index is 0.168. The van der Waals surface area contributed by atoms with Crippen molar-refractivity contribution < 1.29 is 0 Å². The summed E-state index contributed by atoms with van der Waals surface area (Å²) >= 11 is 5.04. The maximum absolute atomic E-state index is 4.51. The third-order valence-electron chi connectivity index (χ3n) is 2.96. The average molecular weight is 367 g/mol. The van der Waals surface area contributed by atoms with Gasteiger partial charge in [0.1, 0.15) is 11.6 Å². The Hall–Kier alpha value is -1.27. The zero-order valence-corrected chi connectivity index (χ0v) is 14.8. The van der Waals surface area contributed by atoms with Gasteiger partial charge in [0.15, 0.2) is 5.16 Å². The average Bonchev–Trinajstić information content (AvgIpc) is 2.47. The molecule has 6 heteroatoms. The molecule has 0 amide bonds. The molecule has 1 aromatic heterocycles. The molecule has 1 atom stereocenters. The van der Waals surface area contributed by atoms with Crippen LogP contribution in [-0.4, -0.2) is 22.8 Å². The predicted molar refractivity (Wildman–Crippen MR) is 94.2 cm³/mol. The van der Waals surface area contributed by atoms with Crippen molar-refractivity contribution in [1.29, 1.82) is 0 Å². The summed E-state index contributed by atoms with van der Waals surface area (Å²) in [7, 11) is 0. The number of anilines is 2. The Kier molecular flexibility index (Phi) is 5.87. The molecule has 2 rings (SSSR count). The first-order valence-corrected chi connectivity index (χ1v) is 8.83. The van der Waals surface area contributed by atoms with Gasteiger partial charge < -0.3 is 10.6 Å². The minimum Gasteiger partial charge on any atom is -0.370 e. The highest BCUT2D eigenvalue weighted by Crippen LogP contribution is 2.23. The molecule has 112 valence electrons. The van der Waals surface area contributed by atoms with Crippen molar-refractivity contribution in [2.75, 3.05) is 23.4 Å². The van der Waals surface area contributed by atoms with E-state index in [1.54, 1.807) is 0 Å². The van der Waals surface area contributed by atoms with Crippen LogP contribution in [0.3, 0.4) is 0 Å². The summed E-state index contributed by atoms with van der Waals surface area (Å²) in [5.74, 6) is 1.68. The summed E-state index contributed by atoms with van der Waals surface area (Å²) < 4.78 is 1.08. The van der Waals surface area contributed by atoms with Crippen molar-refractivity contribution in [2.24, 2.45) is 0 Å². The predicted octanol–water partition coefficient (Wildman–Crippen LogP) is 4.57. The summed E-state index contributed by atoms with van der Waals surface area (Å²) in [6.45, 7) is 5.01. The summed E-state index contributed by atoms with van der Waals surface area (Å²) in [5.41, 5.74) is 1.21. The largest absolute Gasteiger partial charge is 0.370 e. The maximum Gasteiger partial charge on any atom is 0.191 e. The van der Waals surface area contributed by atoms with Gasteiger partial charge in [0.25, 0.3) is 0 Å². The second-order valence-corrected chi connectivity index (χ2v) is 6.27. The van der Waals surface area contributed by atoms with Crippen LogP contribution in [0.4, 0.5) is 11.6 Å². The Morgan fingerprint density at radius 1 is 1.24 bits per heavy atom. The van der Waals surface area contributed by atoms with Crippen molar-refractivity contribution in [3.8, 4) is 0 Å². The first-order valence-electron chi connectivity index (χ1n) is 6.81. The molecule has 2 aromatic rings. The van der Waals surface area contributed by atoms with Crippen molar-refractivity contribution in [1.82, 2.24) is 9.97 Å². The topological polar surface area (TPSA) is 49.8 Å². The van der Waals surface area contributed by atoms with E-state index in [4.69, 9.17) is 0 Å². The number of nitrogens with one attached hydrogen (secondary N) is 2. The molecule has 0 bridgehead atoms. The van der Waals surface area contributed by atoms with Gasteiger partial charge in [-0.05, 0) is 37.8 Å². The molecule has 0 spiro atoms. The van der Waals surface area contributed by atoms with E-state index in [1.165, 1.54) is 17.3 Å². The first-order chi connectivity index (χ1) is 10.1. The van der Waals surface area contributed by atoms with E-state index >= 15 is 0 Å². The van der Waals surface area contributed by atoms with Crippen LogP contribution in [0.25, 0.3) is 0 Å². The summed E-state index contributed by atoms with van der Waals surface area (Å²) in [6, 6.07) is 10.4. The van der Waals surface area contributed by atoms with Crippen molar-refractivity contribution >= 4 is 39.3 Å². The lowest BCUT2D eigenvalue weighted by atomic mass is 10.1. The Balaban J connectivity index is 2.19. The lowest BCUT2D eigenvalue weighted by Gasteiger charge is -2.16. The number of aromatic nitrogens is 2. The zero-order chi connectivity index (χ0) is 15.2. The maximum atomic E-state index is 4.51. The third-order valence-corrected chi connectivity index (χ3v) is 4.00. The van der Waals surface area contributed by atoms with E-state index in [2.05, 4.69) is 62.5 Å². The number of hydrogen-bond donors (Lipinski definition) is 2. The molecule has 0 aliphatic rings. The van der Waals surface area contributed by atoms with Gasteiger partial charge in [0, 0.05) is 23.1 Å². The molecule has 1 aromatic carbocycles. The molecule has 4 nitrogen and oxygen atoms in total. The molecule has 0 aliphatic carbocycles.